The molecule has 2 aromatic carbocycles. The van der Waals surface area contributed by atoms with Gasteiger partial charge < -0.3 is 10.1 Å². The molecule has 3 nitrogen and oxygen atoms in total. The third kappa shape index (κ3) is 2.05. The minimum atomic E-state index is -0.503. The fourth-order valence-corrected chi connectivity index (χ4v) is 4.06. The lowest BCUT2D eigenvalue weighted by Crippen LogP contribution is -2.69. The largest absolute Gasteiger partial charge is 0.467 e. The summed E-state index contributed by atoms with van der Waals surface area (Å²) in [5.41, 5.74) is 2.97. The van der Waals surface area contributed by atoms with Crippen LogP contribution in [0.5, 0.6) is 5.75 Å². The van der Waals surface area contributed by atoms with Gasteiger partial charge in [0.2, 0.25) is 0 Å². The maximum absolute atomic E-state index is 6.47. The molecule has 2 heterocycles. The van der Waals surface area contributed by atoms with Gasteiger partial charge >= 0.3 is 0 Å². The van der Waals surface area contributed by atoms with Gasteiger partial charge in [-0.15, -0.1) is 0 Å². The van der Waals surface area contributed by atoms with Crippen LogP contribution in [-0.2, 0) is 0 Å². The molecule has 23 heavy (non-hydrogen) atoms. The van der Waals surface area contributed by atoms with Gasteiger partial charge in [-0.1, -0.05) is 42.8 Å². The summed E-state index contributed by atoms with van der Waals surface area (Å²) in [7, 11) is 0. The second-order valence-corrected chi connectivity index (χ2v) is 6.97. The number of rotatable bonds is 1. The molecule has 2 aliphatic heterocycles. The fourth-order valence-electron chi connectivity index (χ4n) is 3.64. The topological polar surface area (TPSA) is 24.5 Å². The Labute approximate surface area is 142 Å². The van der Waals surface area contributed by atoms with Gasteiger partial charge in [0, 0.05) is 17.2 Å². The molecule has 1 fully saturated rings. The van der Waals surface area contributed by atoms with E-state index in [2.05, 4.69) is 67.4 Å². The second-order valence-electron chi connectivity index (χ2n) is 6.58. The Balaban J connectivity index is 1.85. The first kappa shape index (κ1) is 14.5. The number of fused-ring (bicyclic) bond motifs is 4. The van der Waals surface area contributed by atoms with Crippen LogP contribution in [0.25, 0.3) is 0 Å². The standard InChI is InChI=1S/C19H20N2OS/c1-12-8-10-14(11-9-12)21-18(23)20-17-13(2)19(21,3)22-16-7-5-4-6-15(16)17/h4-11,13,17H,1-3H3,(H,20,23)/t13-,17+,19-/m0/s1. The van der Waals surface area contributed by atoms with Crippen molar-refractivity contribution in [3.8, 4) is 5.75 Å². The fraction of sp³-hybridized carbons (Fsp3) is 0.316. The summed E-state index contributed by atoms with van der Waals surface area (Å²) < 4.78 is 6.47. The summed E-state index contributed by atoms with van der Waals surface area (Å²) in [5.74, 6) is 1.19. The van der Waals surface area contributed by atoms with E-state index < -0.39 is 5.72 Å². The number of hydrogen-bond acceptors (Lipinski definition) is 2. The summed E-state index contributed by atoms with van der Waals surface area (Å²) in [4.78, 5) is 2.11. The van der Waals surface area contributed by atoms with Crippen molar-refractivity contribution in [2.24, 2.45) is 5.92 Å². The Morgan fingerprint density at radius 1 is 1.13 bits per heavy atom. The number of aryl methyl sites for hydroxylation is 1. The van der Waals surface area contributed by atoms with Crippen LogP contribution in [0.4, 0.5) is 5.69 Å². The van der Waals surface area contributed by atoms with E-state index in [4.69, 9.17) is 17.0 Å². The molecule has 1 saturated heterocycles. The molecular formula is C19H20N2OS. The van der Waals surface area contributed by atoms with Gasteiger partial charge in [-0.2, -0.15) is 0 Å². The maximum Gasteiger partial charge on any atom is 0.190 e. The molecule has 1 N–H and O–H groups in total. The first-order valence-corrected chi connectivity index (χ1v) is 8.37. The minimum absolute atomic E-state index is 0.180. The van der Waals surface area contributed by atoms with E-state index >= 15 is 0 Å². The highest BCUT2D eigenvalue weighted by atomic mass is 32.1. The number of nitrogens with one attached hydrogen (secondary N) is 1. The van der Waals surface area contributed by atoms with Crippen molar-refractivity contribution in [1.29, 1.82) is 0 Å². The van der Waals surface area contributed by atoms with E-state index in [0.29, 0.717) is 5.11 Å². The zero-order valence-electron chi connectivity index (χ0n) is 13.5. The van der Waals surface area contributed by atoms with Crippen molar-refractivity contribution in [2.45, 2.75) is 32.5 Å². The third-order valence-corrected chi connectivity index (χ3v) is 5.43. The van der Waals surface area contributed by atoms with Gasteiger partial charge in [-0.05, 0) is 44.3 Å². The van der Waals surface area contributed by atoms with Crippen molar-refractivity contribution in [1.82, 2.24) is 5.32 Å². The number of benzene rings is 2. The maximum atomic E-state index is 6.47. The Kier molecular flexibility index (Phi) is 3.13. The Morgan fingerprint density at radius 3 is 2.57 bits per heavy atom. The number of para-hydroxylation sites is 1. The molecule has 4 heteroatoms. The van der Waals surface area contributed by atoms with E-state index in [-0.39, 0.29) is 12.0 Å². The van der Waals surface area contributed by atoms with Crippen molar-refractivity contribution in [3.63, 3.8) is 0 Å². The average Bonchev–Trinajstić information content (AvgIpc) is 2.52. The predicted octanol–water partition coefficient (Wildman–Crippen LogP) is 4.18. The molecule has 2 bridgehead atoms. The molecule has 0 saturated carbocycles. The summed E-state index contributed by atoms with van der Waals surface area (Å²) in [6, 6.07) is 16.8. The zero-order chi connectivity index (χ0) is 16.2. The summed E-state index contributed by atoms with van der Waals surface area (Å²) >= 11 is 5.69. The zero-order valence-corrected chi connectivity index (χ0v) is 14.4. The Hall–Kier alpha value is -2.07. The van der Waals surface area contributed by atoms with Crippen LogP contribution in [0.2, 0.25) is 0 Å². The lowest BCUT2D eigenvalue weighted by molar-refractivity contribution is -0.00316. The van der Waals surface area contributed by atoms with Crippen molar-refractivity contribution >= 4 is 23.0 Å². The first-order chi connectivity index (χ1) is 11.0. The van der Waals surface area contributed by atoms with Gasteiger partial charge in [0.15, 0.2) is 10.8 Å². The predicted molar refractivity (Wildman–Crippen MR) is 96.8 cm³/mol. The highest BCUT2D eigenvalue weighted by Crippen LogP contribution is 2.48. The van der Waals surface area contributed by atoms with Crippen LogP contribution in [0.3, 0.4) is 0 Å². The SMILES string of the molecule is Cc1ccc(N2C(=S)N[C@H]3c4ccccc4O[C@@]2(C)[C@H]3C)cc1. The van der Waals surface area contributed by atoms with Crippen LogP contribution >= 0.6 is 12.2 Å². The molecule has 118 valence electrons. The van der Waals surface area contributed by atoms with Crippen LogP contribution in [-0.4, -0.2) is 10.8 Å². The first-order valence-electron chi connectivity index (χ1n) is 7.96. The van der Waals surface area contributed by atoms with E-state index in [0.717, 1.165) is 11.4 Å². The average molecular weight is 324 g/mol. The van der Waals surface area contributed by atoms with E-state index in [1.807, 2.05) is 12.1 Å². The van der Waals surface area contributed by atoms with E-state index in [9.17, 15) is 0 Å². The molecule has 0 amide bonds. The summed E-state index contributed by atoms with van der Waals surface area (Å²) in [5, 5.41) is 4.24. The second kappa shape index (κ2) is 4.96. The highest BCUT2D eigenvalue weighted by Gasteiger charge is 2.53. The Bertz CT molecular complexity index is 773. The van der Waals surface area contributed by atoms with Gasteiger partial charge in [-0.3, -0.25) is 4.90 Å². The number of ether oxygens (including phenoxy) is 1. The third-order valence-electron chi connectivity index (χ3n) is 5.13. The quantitative estimate of drug-likeness (QED) is 0.796. The smallest absolute Gasteiger partial charge is 0.190 e. The van der Waals surface area contributed by atoms with E-state index in [1.165, 1.54) is 11.1 Å². The molecule has 2 aromatic rings. The highest BCUT2D eigenvalue weighted by molar-refractivity contribution is 7.80. The number of nitrogens with zero attached hydrogens (tertiary/aromatic N) is 1. The van der Waals surface area contributed by atoms with Gasteiger partial charge in [0.05, 0.1) is 6.04 Å². The molecule has 2 aliphatic rings. The monoisotopic (exact) mass is 324 g/mol. The Morgan fingerprint density at radius 2 is 1.83 bits per heavy atom. The molecule has 0 spiro atoms. The van der Waals surface area contributed by atoms with Crippen molar-refractivity contribution in [2.75, 3.05) is 4.90 Å². The van der Waals surface area contributed by atoms with Crippen LogP contribution in [0, 0.1) is 12.8 Å². The van der Waals surface area contributed by atoms with Gasteiger partial charge in [0.1, 0.15) is 5.75 Å². The van der Waals surface area contributed by atoms with Gasteiger partial charge in [0.25, 0.3) is 0 Å². The van der Waals surface area contributed by atoms with Crippen LogP contribution < -0.4 is 15.0 Å². The minimum Gasteiger partial charge on any atom is -0.467 e. The number of hydrogen-bond donors (Lipinski definition) is 1. The van der Waals surface area contributed by atoms with Crippen LogP contribution in [0.15, 0.2) is 48.5 Å². The molecule has 0 unspecified atom stereocenters. The van der Waals surface area contributed by atoms with Crippen LogP contribution in [0.1, 0.15) is 31.0 Å². The molecule has 3 atom stereocenters. The lowest BCUT2D eigenvalue weighted by Gasteiger charge is -2.56. The molecule has 0 radical (unpaired) electrons. The number of anilines is 1. The molecule has 0 aliphatic carbocycles. The van der Waals surface area contributed by atoms with Crippen molar-refractivity contribution in [3.05, 3.63) is 59.7 Å². The molecule has 4 rings (SSSR count). The molecule has 0 aromatic heterocycles. The molecular weight excluding hydrogens is 304 g/mol. The summed E-state index contributed by atoms with van der Waals surface area (Å²) in [6.45, 7) is 6.44. The lowest BCUT2D eigenvalue weighted by atomic mass is 9.80. The number of thiocarbonyl (C=S) groups is 1. The van der Waals surface area contributed by atoms with Crippen molar-refractivity contribution < 1.29 is 4.74 Å². The normalized spacial score (nSPS) is 28.7. The summed E-state index contributed by atoms with van der Waals surface area (Å²) in [6.07, 6.45) is 0. The van der Waals surface area contributed by atoms with E-state index in [1.54, 1.807) is 0 Å². The van der Waals surface area contributed by atoms with Gasteiger partial charge in [-0.25, -0.2) is 0 Å².